The summed E-state index contributed by atoms with van der Waals surface area (Å²) in [5.74, 6) is -3.48. The Hall–Kier alpha value is -5.40. The predicted octanol–water partition coefficient (Wildman–Crippen LogP) is 6.62. The van der Waals surface area contributed by atoms with E-state index in [1.165, 1.54) is 77.1 Å². The Morgan fingerprint density at radius 2 is 1.12 bits per heavy atom. The number of β-amino-alcohol motifs (C(OH)–C–C–N with tert-alkyl or cyclic N) is 1. The van der Waals surface area contributed by atoms with Crippen molar-refractivity contribution in [3.63, 3.8) is 0 Å². The zero-order chi connectivity index (χ0) is 41.8. The van der Waals surface area contributed by atoms with Crippen LogP contribution < -0.4 is 14.9 Å². The molecule has 1 unspecified atom stereocenters. The van der Waals surface area contributed by atoms with Gasteiger partial charge in [0.15, 0.2) is 9.84 Å². The number of sulfone groups is 1. The first-order chi connectivity index (χ1) is 26.7. The molecule has 0 saturated carbocycles. The first-order valence-corrected chi connectivity index (χ1v) is 21.5. The normalized spacial score (nSPS) is 13.7. The second-order valence-electron chi connectivity index (χ2n) is 12.7. The molecule has 1 heterocycles. The van der Waals surface area contributed by atoms with Crippen LogP contribution in [0.4, 0.5) is 17.1 Å². The highest BCUT2D eigenvalue weighted by Crippen LogP contribution is 2.33. The number of amides is 2. The topological polar surface area (TPSA) is 225 Å². The number of fused-ring (bicyclic) bond motifs is 1. The van der Waals surface area contributed by atoms with Crippen LogP contribution in [0.25, 0.3) is 0 Å². The Kier molecular flexibility index (Phi) is 13.0. The van der Waals surface area contributed by atoms with E-state index in [0.29, 0.717) is 21.1 Å². The first kappa shape index (κ1) is 42.7. The van der Waals surface area contributed by atoms with E-state index in [-0.39, 0.29) is 50.0 Å². The number of carboxylic acids is 2. The van der Waals surface area contributed by atoms with Crippen LogP contribution in [0.3, 0.4) is 0 Å². The molecule has 1 atom stereocenters. The molecule has 1 aliphatic rings. The highest BCUT2D eigenvalue weighted by Gasteiger charge is 2.33. The molecule has 6 rings (SSSR count). The highest BCUT2D eigenvalue weighted by molar-refractivity contribution is 9.10. The fraction of sp³-hybridized carbons (Fsp3) is 0.128. The summed E-state index contributed by atoms with van der Waals surface area (Å²) in [6, 6.07) is 25.0. The number of halogens is 2. The van der Waals surface area contributed by atoms with Crippen LogP contribution in [0.1, 0.15) is 52.6 Å². The molecule has 0 aliphatic carbocycles. The largest absolute Gasteiger partial charge is 0.478 e. The maximum absolute atomic E-state index is 13.3. The van der Waals surface area contributed by atoms with Gasteiger partial charge in [0.05, 0.1) is 50.6 Å². The van der Waals surface area contributed by atoms with E-state index in [9.17, 15) is 46.2 Å². The number of aromatic carboxylic acids is 2. The van der Waals surface area contributed by atoms with Gasteiger partial charge < -0.3 is 26.0 Å². The van der Waals surface area contributed by atoms with Gasteiger partial charge in [-0.1, -0.05) is 49.6 Å². The Morgan fingerprint density at radius 3 is 1.56 bits per heavy atom. The molecule has 18 heteroatoms. The summed E-state index contributed by atoms with van der Waals surface area (Å²) in [5.41, 5.74) is 2.75. The van der Waals surface area contributed by atoms with E-state index in [4.69, 9.17) is 5.11 Å². The number of anilines is 3. The Morgan fingerprint density at radius 1 is 0.667 bits per heavy atom. The molecular formula is C39H33Br2N3O11S2. The summed E-state index contributed by atoms with van der Waals surface area (Å²) < 4.78 is 51.8. The third kappa shape index (κ3) is 10.3. The number of hydrogen-bond donors (Lipinski definition) is 5. The van der Waals surface area contributed by atoms with Gasteiger partial charge in [-0.05, 0) is 103 Å². The van der Waals surface area contributed by atoms with Gasteiger partial charge in [-0.3, -0.25) is 13.9 Å². The second-order valence-corrected chi connectivity index (χ2v) is 18.5. The fourth-order valence-electron chi connectivity index (χ4n) is 5.71. The lowest BCUT2D eigenvalue weighted by Gasteiger charge is -2.33. The molecule has 5 N–H and O–H groups in total. The average Bonchev–Trinajstić information content (AvgIpc) is 3.15. The quantitative estimate of drug-likeness (QED) is 0.106. The Bertz CT molecular complexity index is 2620. The average molecular weight is 944 g/mol. The minimum absolute atomic E-state index is 0.0282. The van der Waals surface area contributed by atoms with Gasteiger partial charge in [0.2, 0.25) is 0 Å². The maximum Gasteiger partial charge on any atom is 0.337 e. The summed E-state index contributed by atoms with van der Waals surface area (Å²) in [6.45, 7) is 1.83. The summed E-state index contributed by atoms with van der Waals surface area (Å²) in [5, 5.41) is 33.8. The number of carbonyl (C=O) groups excluding carboxylic acids is 2. The van der Waals surface area contributed by atoms with Gasteiger partial charge in [-0.2, -0.15) is 0 Å². The van der Waals surface area contributed by atoms with Gasteiger partial charge in [0, 0.05) is 32.7 Å². The fourth-order valence-corrected chi connectivity index (χ4v) is 8.60. The van der Waals surface area contributed by atoms with Crippen LogP contribution in [0.15, 0.2) is 122 Å². The highest BCUT2D eigenvalue weighted by atomic mass is 79.9. The maximum atomic E-state index is 13.3. The lowest BCUT2D eigenvalue weighted by atomic mass is 10.00. The smallest absolute Gasteiger partial charge is 0.337 e. The number of carbonyl (C=O) groups is 4. The molecule has 0 bridgehead atoms. The SMILES string of the molecule is CS(=O)(=O)c1ccc(C(=O)Nc2ccc(Br)cc2C(=O)O)cc1.Cc1ccc2c(c1)CC(O)CN2S(=O)(=O)c1ccc(C(=O)Nc2ccc(Br)cc2C(=O)O)cc1. The van der Waals surface area contributed by atoms with Crippen LogP contribution in [-0.4, -0.2) is 74.8 Å². The lowest BCUT2D eigenvalue weighted by Crippen LogP contribution is -2.42. The van der Waals surface area contributed by atoms with Crippen LogP contribution in [-0.2, 0) is 26.3 Å². The standard InChI is InChI=1S/C24H21BrN2O6S.C15H12BrNO5S/c1-14-2-9-22-16(10-14)11-18(28)13-27(22)34(32,33)19-6-3-15(4-7-19)23(29)26-21-8-5-17(25)12-20(21)24(30)31;1-23(21,22)11-5-2-9(3-6-11)14(18)17-13-7-4-10(16)8-12(13)15(19)20/h2-10,12,18,28H,11,13H2,1H3,(H,26,29)(H,30,31);2-8H,1H3,(H,17,18)(H,19,20). The molecule has 14 nitrogen and oxygen atoms in total. The first-order valence-electron chi connectivity index (χ1n) is 16.6. The lowest BCUT2D eigenvalue weighted by molar-refractivity contribution is 0.0686. The van der Waals surface area contributed by atoms with Crippen LogP contribution >= 0.6 is 31.9 Å². The van der Waals surface area contributed by atoms with Crippen LogP contribution in [0.5, 0.6) is 0 Å². The molecule has 5 aromatic carbocycles. The van der Waals surface area contributed by atoms with E-state index < -0.39 is 49.7 Å². The van der Waals surface area contributed by atoms with Crippen molar-refractivity contribution in [2.24, 2.45) is 0 Å². The minimum Gasteiger partial charge on any atom is -0.478 e. The third-order valence-electron chi connectivity index (χ3n) is 8.51. The Balaban J connectivity index is 0.000000235. The number of aliphatic hydroxyl groups is 1. The van der Waals surface area contributed by atoms with Crippen LogP contribution in [0, 0.1) is 6.92 Å². The van der Waals surface area contributed by atoms with Crippen LogP contribution in [0.2, 0.25) is 0 Å². The number of benzene rings is 5. The van der Waals surface area contributed by atoms with E-state index >= 15 is 0 Å². The zero-order valence-electron chi connectivity index (χ0n) is 29.9. The molecule has 0 aromatic heterocycles. The van der Waals surface area contributed by atoms with Crippen molar-refractivity contribution < 1.29 is 51.3 Å². The van der Waals surface area contributed by atoms with Gasteiger partial charge in [0.25, 0.3) is 21.8 Å². The Labute approximate surface area is 344 Å². The number of rotatable bonds is 9. The van der Waals surface area contributed by atoms with Crippen molar-refractivity contribution in [3.8, 4) is 0 Å². The molecule has 0 saturated heterocycles. The summed E-state index contributed by atoms with van der Waals surface area (Å²) in [4.78, 5) is 47.6. The van der Waals surface area contributed by atoms with Crippen molar-refractivity contribution >= 4 is 92.5 Å². The molecule has 0 spiro atoms. The van der Waals surface area contributed by atoms with Crippen molar-refractivity contribution in [1.82, 2.24) is 0 Å². The second kappa shape index (κ2) is 17.4. The van der Waals surface area contributed by atoms with E-state index in [2.05, 4.69) is 42.5 Å². The van der Waals surface area contributed by atoms with Gasteiger partial charge in [0.1, 0.15) is 0 Å². The number of aryl methyl sites for hydroxylation is 1. The number of carboxylic acid groups (broad SMARTS) is 2. The number of sulfonamides is 1. The molecule has 2 amide bonds. The zero-order valence-corrected chi connectivity index (χ0v) is 34.7. The monoisotopic (exact) mass is 941 g/mol. The third-order valence-corrected chi connectivity index (χ3v) is 12.4. The van der Waals surface area contributed by atoms with Gasteiger partial charge >= 0.3 is 11.9 Å². The summed E-state index contributed by atoms with van der Waals surface area (Å²) in [7, 11) is -7.33. The molecule has 296 valence electrons. The minimum atomic E-state index is -3.99. The van der Waals surface area contributed by atoms with Crippen molar-refractivity contribution in [3.05, 3.63) is 145 Å². The van der Waals surface area contributed by atoms with Gasteiger partial charge in [-0.25, -0.2) is 26.4 Å². The molecular weight excluding hydrogens is 910 g/mol. The number of hydrogen-bond acceptors (Lipinski definition) is 9. The van der Waals surface area contributed by atoms with E-state index in [1.807, 2.05) is 19.1 Å². The van der Waals surface area contributed by atoms with Crippen molar-refractivity contribution in [1.29, 1.82) is 0 Å². The predicted molar refractivity (Wildman–Crippen MR) is 220 cm³/mol. The summed E-state index contributed by atoms with van der Waals surface area (Å²) >= 11 is 6.37. The number of nitrogens with zero attached hydrogens (tertiary/aromatic N) is 1. The summed E-state index contributed by atoms with van der Waals surface area (Å²) in [6.07, 6.45) is 0.614. The van der Waals surface area contributed by atoms with Crippen molar-refractivity contribution in [2.75, 3.05) is 27.7 Å². The number of nitrogens with one attached hydrogen (secondary N) is 2. The van der Waals surface area contributed by atoms with Gasteiger partial charge in [-0.15, -0.1) is 0 Å². The molecule has 1 aliphatic heterocycles. The molecule has 5 aromatic rings. The molecule has 0 fully saturated rings. The number of aliphatic hydroxyl groups excluding tert-OH is 1. The molecule has 57 heavy (non-hydrogen) atoms. The van der Waals surface area contributed by atoms with Crippen molar-refractivity contribution in [2.45, 2.75) is 29.2 Å². The van der Waals surface area contributed by atoms with E-state index in [0.717, 1.165) is 17.4 Å². The van der Waals surface area contributed by atoms with E-state index in [1.54, 1.807) is 18.2 Å². The molecule has 0 radical (unpaired) electrons.